The second kappa shape index (κ2) is 7.21. The number of nitrogens with zero attached hydrogens (tertiary/aromatic N) is 2. The third-order valence-electron chi connectivity index (χ3n) is 5.02. The molecule has 0 aliphatic heterocycles. The molecule has 0 saturated heterocycles. The summed E-state index contributed by atoms with van der Waals surface area (Å²) in [5.74, 6) is 0.604. The molecular formula is C26H18N2O. The zero-order chi connectivity index (χ0) is 19.6. The summed E-state index contributed by atoms with van der Waals surface area (Å²) in [6.07, 6.45) is 3.88. The maximum absolute atomic E-state index is 13.4. The topological polar surface area (TPSA) is 34.9 Å². The molecule has 3 heteroatoms. The van der Waals surface area contributed by atoms with Crippen molar-refractivity contribution in [2.24, 2.45) is 0 Å². The first kappa shape index (κ1) is 17.1. The van der Waals surface area contributed by atoms with Crippen molar-refractivity contribution in [2.75, 3.05) is 0 Å². The van der Waals surface area contributed by atoms with Crippen molar-refractivity contribution >= 4 is 33.8 Å². The predicted octanol–water partition coefficient (Wildman–Crippen LogP) is 5.71. The maximum atomic E-state index is 13.4. The van der Waals surface area contributed by atoms with Crippen molar-refractivity contribution in [3.05, 3.63) is 119 Å². The van der Waals surface area contributed by atoms with Crippen LogP contribution in [-0.2, 0) is 0 Å². The molecule has 1 heterocycles. The molecule has 0 aliphatic carbocycles. The predicted molar refractivity (Wildman–Crippen MR) is 120 cm³/mol. The number of fused-ring (bicyclic) bond motifs is 2. The SMILES string of the molecule is O=c1c2ccccc2nc(C=Cc2ccccc2)n1-c1ccc2ccccc2c1. The van der Waals surface area contributed by atoms with Gasteiger partial charge < -0.3 is 0 Å². The monoisotopic (exact) mass is 374 g/mol. The van der Waals surface area contributed by atoms with Crippen molar-refractivity contribution in [3.8, 4) is 5.69 Å². The summed E-state index contributed by atoms with van der Waals surface area (Å²) < 4.78 is 1.69. The van der Waals surface area contributed by atoms with Gasteiger partial charge in [-0.2, -0.15) is 0 Å². The van der Waals surface area contributed by atoms with Crippen LogP contribution in [0.5, 0.6) is 0 Å². The highest BCUT2D eigenvalue weighted by atomic mass is 16.1. The zero-order valence-electron chi connectivity index (χ0n) is 15.7. The van der Waals surface area contributed by atoms with E-state index in [0.717, 1.165) is 22.0 Å². The third kappa shape index (κ3) is 3.23. The van der Waals surface area contributed by atoms with E-state index in [1.165, 1.54) is 0 Å². The zero-order valence-corrected chi connectivity index (χ0v) is 15.7. The fourth-order valence-corrected chi connectivity index (χ4v) is 3.56. The van der Waals surface area contributed by atoms with Crippen molar-refractivity contribution in [1.29, 1.82) is 0 Å². The lowest BCUT2D eigenvalue weighted by Gasteiger charge is -2.12. The molecule has 0 fully saturated rings. The summed E-state index contributed by atoms with van der Waals surface area (Å²) in [6, 6.07) is 31.7. The molecule has 138 valence electrons. The summed E-state index contributed by atoms with van der Waals surface area (Å²) in [7, 11) is 0. The Labute approximate surface area is 168 Å². The van der Waals surface area contributed by atoms with E-state index in [4.69, 9.17) is 4.98 Å². The van der Waals surface area contributed by atoms with E-state index in [1.807, 2.05) is 97.1 Å². The molecular weight excluding hydrogens is 356 g/mol. The van der Waals surface area contributed by atoms with Crippen molar-refractivity contribution in [2.45, 2.75) is 0 Å². The molecule has 0 N–H and O–H groups in total. The molecule has 3 nitrogen and oxygen atoms in total. The highest BCUT2D eigenvalue weighted by molar-refractivity contribution is 5.85. The first-order valence-corrected chi connectivity index (χ1v) is 9.54. The summed E-state index contributed by atoms with van der Waals surface area (Å²) in [6.45, 7) is 0. The fraction of sp³-hybridized carbons (Fsp3) is 0. The van der Waals surface area contributed by atoms with Crippen molar-refractivity contribution < 1.29 is 0 Å². The van der Waals surface area contributed by atoms with Gasteiger partial charge in [-0.25, -0.2) is 4.98 Å². The Kier molecular flexibility index (Phi) is 4.26. The molecule has 5 aromatic rings. The number of hydrogen-bond donors (Lipinski definition) is 0. The number of hydrogen-bond acceptors (Lipinski definition) is 2. The second-order valence-corrected chi connectivity index (χ2v) is 6.90. The van der Waals surface area contributed by atoms with E-state index >= 15 is 0 Å². The first-order valence-electron chi connectivity index (χ1n) is 9.54. The standard InChI is InChI=1S/C26H18N2O/c29-26-23-12-6-7-13-24(23)27-25(17-14-19-8-2-1-3-9-19)28(26)22-16-15-20-10-4-5-11-21(20)18-22/h1-18H. The van der Waals surface area contributed by atoms with Crippen molar-refractivity contribution in [1.82, 2.24) is 9.55 Å². The molecule has 4 aromatic carbocycles. The van der Waals surface area contributed by atoms with Crippen LogP contribution in [-0.4, -0.2) is 9.55 Å². The normalized spacial score (nSPS) is 11.4. The fourth-order valence-electron chi connectivity index (χ4n) is 3.56. The summed E-state index contributed by atoms with van der Waals surface area (Å²) in [5, 5.41) is 2.83. The number of aromatic nitrogens is 2. The lowest BCUT2D eigenvalue weighted by atomic mass is 10.1. The molecule has 0 spiro atoms. The van der Waals surface area contributed by atoms with Gasteiger partial charge in [-0.1, -0.05) is 78.9 Å². The van der Waals surface area contributed by atoms with Crippen LogP contribution >= 0.6 is 0 Å². The van der Waals surface area contributed by atoms with Gasteiger partial charge in [-0.15, -0.1) is 0 Å². The van der Waals surface area contributed by atoms with Crippen LogP contribution in [0.15, 0.2) is 102 Å². The molecule has 0 saturated carbocycles. The second-order valence-electron chi connectivity index (χ2n) is 6.90. The van der Waals surface area contributed by atoms with Crippen LogP contribution in [0.2, 0.25) is 0 Å². The van der Waals surface area contributed by atoms with E-state index in [9.17, 15) is 4.79 Å². The lowest BCUT2D eigenvalue weighted by molar-refractivity contribution is 0.946. The van der Waals surface area contributed by atoms with Gasteiger partial charge in [0.2, 0.25) is 0 Å². The summed E-state index contributed by atoms with van der Waals surface area (Å²) >= 11 is 0. The van der Waals surface area contributed by atoms with E-state index in [-0.39, 0.29) is 5.56 Å². The van der Waals surface area contributed by atoms with Gasteiger partial charge in [0.1, 0.15) is 5.82 Å². The van der Waals surface area contributed by atoms with Gasteiger partial charge in [-0.3, -0.25) is 9.36 Å². The Hall–Kier alpha value is -3.98. The molecule has 0 unspecified atom stereocenters. The number of rotatable bonds is 3. The highest BCUT2D eigenvalue weighted by Gasteiger charge is 2.11. The van der Waals surface area contributed by atoms with Crippen LogP contribution in [0, 0.1) is 0 Å². The molecule has 0 radical (unpaired) electrons. The van der Waals surface area contributed by atoms with Gasteiger partial charge in [0, 0.05) is 0 Å². The van der Waals surface area contributed by atoms with Gasteiger partial charge in [0.05, 0.1) is 16.6 Å². The average molecular weight is 374 g/mol. The minimum atomic E-state index is -0.0707. The molecule has 29 heavy (non-hydrogen) atoms. The summed E-state index contributed by atoms with van der Waals surface area (Å²) in [5.41, 5.74) is 2.49. The number of benzene rings is 4. The minimum Gasteiger partial charge on any atom is -0.268 e. The molecule has 0 bridgehead atoms. The highest BCUT2D eigenvalue weighted by Crippen LogP contribution is 2.20. The number of para-hydroxylation sites is 1. The Balaban J connectivity index is 1.76. The van der Waals surface area contributed by atoms with Crippen molar-refractivity contribution in [3.63, 3.8) is 0 Å². The summed E-state index contributed by atoms with van der Waals surface area (Å²) in [4.78, 5) is 18.2. The molecule has 0 aliphatic rings. The van der Waals surface area contributed by atoms with Gasteiger partial charge in [-0.05, 0) is 46.7 Å². The van der Waals surface area contributed by atoms with Crippen LogP contribution < -0.4 is 5.56 Å². The van der Waals surface area contributed by atoms with Crippen LogP contribution in [0.3, 0.4) is 0 Å². The maximum Gasteiger partial charge on any atom is 0.266 e. The Bertz CT molecular complexity index is 1420. The van der Waals surface area contributed by atoms with E-state index < -0.39 is 0 Å². The quantitative estimate of drug-likeness (QED) is 0.405. The Morgan fingerprint density at radius 3 is 2.28 bits per heavy atom. The largest absolute Gasteiger partial charge is 0.268 e. The van der Waals surface area contributed by atoms with Crippen LogP contribution in [0.4, 0.5) is 0 Å². The van der Waals surface area contributed by atoms with Crippen LogP contribution in [0.25, 0.3) is 39.5 Å². The van der Waals surface area contributed by atoms with Gasteiger partial charge in [0.15, 0.2) is 0 Å². The van der Waals surface area contributed by atoms with E-state index in [2.05, 4.69) is 12.1 Å². The molecule has 0 atom stereocenters. The van der Waals surface area contributed by atoms with Gasteiger partial charge in [0.25, 0.3) is 5.56 Å². The molecule has 5 rings (SSSR count). The lowest BCUT2D eigenvalue weighted by Crippen LogP contribution is -2.22. The molecule has 0 amide bonds. The Morgan fingerprint density at radius 2 is 1.41 bits per heavy atom. The molecule has 1 aromatic heterocycles. The van der Waals surface area contributed by atoms with E-state index in [0.29, 0.717) is 16.7 Å². The third-order valence-corrected chi connectivity index (χ3v) is 5.02. The average Bonchev–Trinajstić information content (AvgIpc) is 2.78. The smallest absolute Gasteiger partial charge is 0.266 e. The Morgan fingerprint density at radius 1 is 0.690 bits per heavy atom. The van der Waals surface area contributed by atoms with Gasteiger partial charge >= 0.3 is 0 Å². The first-order chi connectivity index (χ1) is 14.3. The van der Waals surface area contributed by atoms with Crippen LogP contribution in [0.1, 0.15) is 11.4 Å². The minimum absolute atomic E-state index is 0.0707. The van der Waals surface area contributed by atoms with E-state index in [1.54, 1.807) is 4.57 Å².